The van der Waals surface area contributed by atoms with Crippen LogP contribution >= 0.6 is 0 Å². The zero-order valence-electron chi connectivity index (χ0n) is 7.91. The summed E-state index contributed by atoms with van der Waals surface area (Å²) in [6, 6.07) is 10.3. The first kappa shape index (κ1) is 9.51. The summed E-state index contributed by atoms with van der Waals surface area (Å²) in [7, 11) is 0. The third kappa shape index (κ3) is 2.81. The van der Waals surface area contributed by atoms with Crippen molar-refractivity contribution in [3.8, 4) is 0 Å². The van der Waals surface area contributed by atoms with Crippen LogP contribution in [-0.2, 0) is 0 Å². The molecule has 2 heteroatoms. The van der Waals surface area contributed by atoms with E-state index in [1.54, 1.807) is 0 Å². The van der Waals surface area contributed by atoms with Gasteiger partial charge in [0.05, 0.1) is 0 Å². The molecule has 0 aromatic heterocycles. The van der Waals surface area contributed by atoms with Crippen LogP contribution in [0.15, 0.2) is 34.3 Å². The minimum absolute atomic E-state index is 0.810. The summed E-state index contributed by atoms with van der Waals surface area (Å²) in [5.74, 6) is 4.46. The van der Waals surface area contributed by atoms with E-state index in [1.807, 2.05) is 6.07 Å². The maximum absolute atomic E-state index is 4.60. The molecule has 0 aliphatic heterocycles. The highest BCUT2D eigenvalue weighted by Crippen LogP contribution is 2.01. The van der Waals surface area contributed by atoms with Gasteiger partial charge < -0.3 is 3.98 Å². The van der Waals surface area contributed by atoms with Crippen molar-refractivity contribution in [2.45, 2.75) is 18.5 Å². The normalized spacial score (nSPS) is 11.4. The highest BCUT2D eigenvalue weighted by atomic mass is 27.2. The van der Waals surface area contributed by atoms with Crippen LogP contribution in [0.25, 0.3) is 0 Å². The predicted molar refractivity (Wildman–Crippen MR) is 56.1 cm³/mol. The predicted octanol–water partition coefficient (Wildman–Crippen LogP) is 2.75. The lowest BCUT2D eigenvalue weighted by Crippen LogP contribution is -2.02. The molecule has 0 aliphatic carbocycles. The van der Waals surface area contributed by atoms with Crippen LogP contribution < -0.4 is 0 Å². The Morgan fingerprint density at radius 1 is 1.17 bits per heavy atom. The summed E-state index contributed by atoms with van der Waals surface area (Å²) < 4.78 is 4.60. The zero-order valence-corrected chi connectivity index (χ0v) is 9.07. The van der Waals surface area contributed by atoms with Crippen LogP contribution in [0.2, 0.25) is 11.6 Å². The molecule has 0 unspecified atom stereocenters. The van der Waals surface area contributed by atoms with Crippen LogP contribution in [0.1, 0.15) is 12.5 Å². The molecule has 12 heavy (non-hydrogen) atoms. The second-order valence-corrected chi connectivity index (χ2v) is 5.62. The molecular weight excluding hydrogens is 161 g/mol. The van der Waals surface area contributed by atoms with Gasteiger partial charge in [0.1, 0.15) is 0 Å². The van der Waals surface area contributed by atoms with Gasteiger partial charge in [-0.05, 0) is 12.5 Å². The Morgan fingerprint density at radius 2 is 1.75 bits per heavy atom. The summed E-state index contributed by atoms with van der Waals surface area (Å²) in [6.45, 7) is 2.09. The van der Waals surface area contributed by atoms with Gasteiger partial charge in [0.2, 0.25) is 0 Å². The van der Waals surface area contributed by atoms with Gasteiger partial charge in [0.15, 0.2) is 0 Å². The van der Waals surface area contributed by atoms with Crippen molar-refractivity contribution in [2.75, 3.05) is 0 Å². The van der Waals surface area contributed by atoms with Crippen molar-refractivity contribution in [3.63, 3.8) is 0 Å². The molecule has 0 spiro atoms. The van der Waals surface area contributed by atoms with Crippen molar-refractivity contribution >= 4 is 20.1 Å². The van der Waals surface area contributed by atoms with E-state index in [-0.39, 0.29) is 0 Å². The largest absolute Gasteiger partial charge is 0.429 e. The lowest BCUT2D eigenvalue weighted by atomic mass is 10.1. The molecule has 0 N–H and O–H groups in total. The zero-order chi connectivity index (χ0) is 8.97. The van der Waals surface area contributed by atoms with E-state index in [0.29, 0.717) is 0 Å². The molecule has 1 aromatic rings. The van der Waals surface area contributed by atoms with Gasteiger partial charge in [0, 0.05) is 5.71 Å². The van der Waals surface area contributed by atoms with Gasteiger partial charge in [-0.25, -0.2) is 0 Å². The molecule has 1 rings (SSSR count). The minimum Gasteiger partial charge on any atom is -0.403 e. The lowest BCUT2D eigenvalue weighted by molar-refractivity contribution is 1.56. The summed E-state index contributed by atoms with van der Waals surface area (Å²) in [6.07, 6.45) is 0. The molecule has 62 valence electrons. The number of nitrogens with zero attached hydrogens (tertiary/aromatic N) is 1. The molecule has 0 bridgehead atoms. The molecule has 0 atom stereocenters. The number of hydrogen-bond acceptors (Lipinski definition) is 1. The average Bonchev–Trinajstić information content (AvgIpc) is 2.05. The van der Waals surface area contributed by atoms with Crippen LogP contribution in [-0.4, -0.2) is 20.1 Å². The number of rotatable bonds is 2. The van der Waals surface area contributed by atoms with Gasteiger partial charge in [-0.15, -0.1) is 0 Å². The Bertz CT molecular complexity index is 264. The van der Waals surface area contributed by atoms with Crippen LogP contribution in [0, 0.1) is 0 Å². The standard InChI is InChI=1S/C8H8N.2CH3.Al/c1-7(9)8-5-3-2-4-6-8;;;/h2-6H,1H3;2*1H3;/q-1;;;+1. The topological polar surface area (TPSA) is 12.4 Å². The van der Waals surface area contributed by atoms with E-state index in [0.717, 1.165) is 0 Å². The quantitative estimate of drug-likeness (QED) is 0.484. The maximum Gasteiger partial charge on any atom is 0.429 e. The van der Waals surface area contributed by atoms with Gasteiger partial charge >= 0.3 is 14.4 Å². The molecule has 1 nitrogen and oxygen atoms in total. The minimum atomic E-state index is -0.810. The first-order valence-corrected chi connectivity index (χ1v) is 7.12. The molecule has 0 aliphatic rings. The molecule has 0 saturated carbocycles. The van der Waals surface area contributed by atoms with E-state index in [9.17, 15) is 0 Å². The molecular formula is C10H14AlN. The van der Waals surface area contributed by atoms with Crippen molar-refractivity contribution in [1.82, 2.24) is 0 Å². The average molecular weight is 175 g/mol. The van der Waals surface area contributed by atoms with Crippen LogP contribution in [0.4, 0.5) is 0 Å². The highest BCUT2D eigenvalue weighted by Gasteiger charge is 2.01. The fraction of sp³-hybridized carbons (Fsp3) is 0.300. The Morgan fingerprint density at radius 3 is 2.25 bits per heavy atom. The Balaban J connectivity index is 2.85. The Hall–Kier alpha value is -0.578. The van der Waals surface area contributed by atoms with Crippen LogP contribution in [0.3, 0.4) is 0 Å². The van der Waals surface area contributed by atoms with Gasteiger partial charge in [0.25, 0.3) is 0 Å². The summed E-state index contributed by atoms with van der Waals surface area (Å²) >= 11 is -0.810. The summed E-state index contributed by atoms with van der Waals surface area (Å²) in [5.41, 5.74) is 2.43. The van der Waals surface area contributed by atoms with E-state index >= 15 is 0 Å². The second kappa shape index (κ2) is 4.45. The van der Waals surface area contributed by atoms with Crippen LogP contribution in [0.5, 0.6) is 0 Å². The monoisotopic (exact) mass is 175 g/mol. The molecule has 0 amide bonds. The third-order valence-electron chi connectivity index (χ3n) is 1.64. The fourth-order valence-corrected chi connectivity index (χ4v) is 2.06. The smallest absolute Gasteiger partial charge is 0.403 e. The van der Waals surface area contributed by atoms with E-state index in [1.165, 1.54) is 11.3 Å². The maximum atomic E-state index is 4.60. The van der Waals surface area contributed by atoms with E-state index in [4.69, 9.17) is 0 Å². The number of benzene rings is 1. The Labute approximate surface area is 78.8 Å². The van der Waals surface area contributed by atoms with E-state index in [2.05, 4.69) is 46.7 Å². The van der Waals surface area contributed by atoms with E-state index < -0.39 is 14.4 Å². The lowest BCUT2D eigenvalue weighted by Gasteiger charge is -2.00. The number of hydrogen-bond donors (Lipinski definition) is 0. The molecule has 0 fully saturated rings. The van der Waals surface area contributed by atoms with Crippen molar-refractivity contribution in [1.29, 1.82) is 0 Å². The summed E-state index contributed by atoms with van der Waals surface area (Å²) in [4.78, 5) is 0. The van der Waals surface area contributed by atoms with Gasteiger partial charge in [-0.2, -0.15) is 0 Å². The van der Waals surface area contributed by atoms with Gasteiger partial charge in [-0.3, -0.25) is 0 Å². The molecule has 0 radical (unpaired) electrons. The SMILES string of the molecule is C/C(=[N]\[Al]([CH3])[CH3])c1ccccc1. The highest BCUT2D eigenvalue weighted by molar-refractivity contribution is 6.55. The second-order valence-electron chi connectivity index (χ2n) is 3.17. The van der Waals surface area contributed by atoms with Gasteiger partial charge in [-0.1, -0.05) is 41.9 Å². The van der Waals surface area contributed by atoms with Crippen molar-refractivity contribution in [3.05, 3.63) is 35.9 Å². The molecule has 1 aromatic carbocycles. The summed E-state index contributed by atoms with van der Waals surface area (Å²) in [5, 5.41) is 0. The molecule has 0 saturated heterocycles. The first-order chi connectivity index (χ1) is 5.70. The first-order valence-electron chi connectivity index (χ1n) is 4.30. The Kier molecular flexibility index (Phi) is 3.53. The fourth-order valence-electron chi connectivity index (χ4n) is 1.14. The van der Waals surface area contributed by atoms with Crippen molar-refractivity contribution in [2.24, 2.45) is 3.98 Å². The third-order valence-corrected chi connectivity index (χ3v) is 2.55. The molecule has 0 heterocycles. The van der Waals surface area contributed by atoms with Crippen molar-refractivity contribution < 1.29 is 0 Å².